The van der Waals surface area contributed by atoms with Crippen LogP contribution < -0.4 is 5.11 Å². The van der Waals surface area contributed by atoms with E-state index in [1.54, 1.807) is 0 Å². The van der Waals surface area contributed by atoms with E-state index in [0.717, 1.165) is 29.7 Å². The van der Waals surface area contributed by atoms with E-state index in [9.17, 15) is 9.90 Å². The molecular formula is C14H25ClKN2O3. The largest absolute Gasteiger partial charge is 0.859 e. The number of aliphatic carboxylic acids is 1. The molecule has 0 aromatic rings. The van der Waals surface area contributed by atoms with Crippen LogP contribution in [0.3, 0.4) is 0 Å². The van der Waals surface area contributed by atoms with Gasteiger partial charge in [0.25, 0.3) is 0 Å². The molecule has 1 radical (unpaired) electrons. The van der Waals surface area contributed by atoms with Gasteiger partial charge in [0, 0.05) is 57.5 Å². The molecule has 0 aromatic heterocycles. The maximum absolute atomic E-state index is 9.36. The summed E-state index contributed by atoms with van der Waals surface area (Å²) in [6.07, 6.45) is 5.65. The third-order valence-electron chi connectivity index (χ3n) is 1.61. The van der Waals surface area contributed by atoms with Gasteiger partial charge in [0.2, 0.25) is 0 Å². The molecule has 0 saturated heterocycles. The minimum atomic E-state index is -0.981. The predicted octanol–water partition coefficient (Wildman–Crippen LogP) is 1.24. The Morgan fingerprint density at radius 3 is 1.48 bits per heavy atom. The second-order valence-electron chi connectivity index (χ2n) is 3.99. The number of halogens is 1. The first kappa shape index (κ1) is 32.7. The van der Waals surface area contributed by atoms with Gasteiger partial charge < -0.3 is 20.1 Å². The van der Waals surface area contributed by atoms with Crippen LogP contribution in [-0.4, -0.2) is 100 Å². The average molecular weight is 344 g/mol. The number of carbonyl (C=O) groups is 1. The van der Waals surface area contributed by atoms with Crippen LogP contribution in [0.4, 0.5) is 0 Å². The van der Waals surface area contributed by atoms with Gasteiger partial charge in [0.05, 0.1) is 27.2 Å². The summed E-state index contributed by atoms with van der Waals surface area (Å²) in [7, 11) is 4.31. The molecule has 0 aliphatic heterocycles. The zero-order valence-corrected chi connectivity index (χ0v) is 17.1. The zero-order chi connectivity index (χ0) is 15.9. The van der Waals surface area contributed by atoms with E-state index >= 15 is 0 Å². The fourth-order valence-corrected chi connectivity index (χ4v) is 0.774. The summed E-state index contributed by atoms with van der Waals surface area (Å²) in [6.45, 7) is 15.4. The summed E-state index contributed by atoms with van der Waals surface area (Å²) >= 11 is 0. The van der Waals surface area contributed by atoms with E-state index in [4.69, 9.17) is 10.5 Å². The van der Waals surface area contributed by atoms with Gasteiger partial charge in [-0.2, -0.15) is 0 Å². The van der Waals surface area contributed by atoms with Crippen LogP contribution >= 0.6 is 12.4 Å². The van der Waals surface area contributed by atoms with Crippen LogP contribution in [-0.2, 0) is 4.79 Å². The van der Waals surface area contributed by atoms with Crippen LogP contribution in [0.15, 0.2) is 50.6 Å². The molecule has 117 valence electrons. The third-order valence-corrected chi connectivity index (χ3v) is 1.61. The first-order valence-electron chi connectivity index (χ1n) is 5.44. The maximum atomic E-state index is 9.36. The summed E-state index contributed by atoms with van der Waals surface area (Å²) in [6, 6.07) is 0. The van der Waals surface area contributed by atoms with Gasteiger partial charge in [-0.15, -0.1) is 12.4 Å². The molecule has 0 aromatic carbocycles. The maximum Gasteiger partial charge on any atom is 0.327 e. The standard InChI is InChI=1S/C8H16N.C3H5NO.C3H4O2.ClH.K/c1-5-7-9(3,4)8-6-2;2*1-2-3(4)5;;/h5-6H,1-2,7-8H2,3-4H3;2H,1H2,(H2,4,5);2H,1H2,(H,4,5);1H;/q+1;;;;/p-1. The fourth-order valence-electron chi connectivity index (χ4n) is 0.774. The molecule has 0 rings (SSSR count). The zero-order valence-electron chi connectivity index (χ0n) is 13.2. The van der Waals surface area contributed by atoms with Crippen molar-refractivity contribution in [1.82, 2.24) is 0 Å². The number of carboxylic acids is 1. The predicted molar refractivity (Wildman–Crippen MR) is 91.0 cm³/mol. The van der Waals surface area contributed by atoms with E-state index in [0.29, 0.717) is 0 Å². The third kappa shape index (κ3) is 45.1. The van der Waals surface area contributed by atoms with Crippen molar-refractivity contribution in [1.29, 1.82) is 5.41 Å². The van der Waals surface area contributed by atoms with Crippen molar-refractivity contribution in [3.63, 3.8) is 0 Å². The Balaban J connectivity index is -0.0000000622. The Hall–Kier alpha value is -0.214. The number of hydrogen-bond acceptors (Lipinski definition) is 3. The van der Waals surface area contributed by atoms with Crippen LogP contribution in [0, 0.1) is 5.41 Å². The molecule has 0 atom stereocenters. The van der Waals surface area contributed by atoms with E-state index < -0.39 is 11.9 Å². The molecule has 0 unspecified atom stereocenters. The van der Waals surface area contributed by atoms with Crippen LogP contribution in [0.2, 0.25) is 0 Å². The van der Waals surface area contributed by atoms with Gasteiger partial charge in [0.1, 0.15) is 0 Å². The molecule has 0 fully saturated rings. The van der Waals surface area contributed by atoms with Gasteiger partial charge in [-0.05, 0) is 18.0 Å². The molecule has 0 amide bonds. The van der Waals surface area contributed by atoms with Crippen LogP contribution in [0.1, 0.15) is 0 Å². The second-order valence-corrected chi connectivity index (χ2v) is 3.99. The van der Waals surface area contributed by atoms with Gasteiger partial charge >= 0.3 is 5.97 Å². The molecule has 0 saturated carbocycles. The Morgan fingerprint density at radius 2 is 1.38 bits per heavy atom. The van der Waals surface area contributed by atoms with Crippen molar-refractivity contribution in [2.24, 2.45) is 0 Å². The fraction of sp³-hybridized carbons (Fsp3) is 0.286. The van der Waals surface area contributed by atoms with E-state index in [1.165, 1.54) is 0 Å². The van der Waals surface area contributed by atoms with Gasteiger partial charge in [-0.25, -0.2) is 4.79 Å². The Bertz CT molecular complexity index is 302. The summed E-state index contributed by atoms with van der Waals surface area (Å²) in [4.78, 5) is 9.25. The molecular weight excluding hydrogens is 319 g/mol. The van der Waals surface area contributed by atoms with Crippen molar-refractivity contribution in [3.8, 4) is 0 Å². The first-order chi connectivity index (χ1) is 8.66. The molecule has 0 aliphatic carbocycles. The average Bonchev–Trinajstić information content (AvgIpc) is 2.30. The van der Waals surface area contributed by atoms with Crippen molar-refractivity contribution < 1.29 is 19.5 Å². The monoisotopic (exact) mass is 343 g/mol. The first-order valence-corrected chi connectivity index (χ1v) is 5.44. The Morgan fingerprint density at radius 1 is 1.14 bits per heavy atom. The molecule has 5 nitrogen and oxygen atoms in total. The molecule has 0 bridgehead atoms. The number of rotatable bonds is 6. The van der Waals surface area contributed by atoms with E-state index in [-0.39, 0.29) is 63.8 Å². The van der Waals surface area contributed by atoms with Gasteiger partial charge in [-0.3, -0.25) is 0 Å². The van der Waals surface area contributed by atoms with Gasteiger partial charge in [0.15, 0.2) is 0 Å². The molecule has 0 aliphatic rings. The number of likely N-dealkylation sites (N-methyl/N-ethyl adjacent to an activating group) is 1. The normalized spacial score (nSPS) is 7.71. The summed E-state index contributed by atoms with van der Waals surface area (Å²) < 4.78 is 0.951. The molecule has 7 heteroatoms. The quantitative estimate of drug-likeness (QED) is 0.190. The number of carboxylic acid groups (broad SMARTS) is 1. The summed E-state index contributed by atoms with van der Waals surface area (Å²) in [5, 5.41) is 23.0. The van der Waals surface area contributed by atoms with Crippen molar-refractivity contribution >= 4 is 75.7 Å². The number of quaternary nitrogens is 1. The molecule has 21 heavy (non-hydrogen) atoms. The topological polar surface area (TPSA) is 84.2 Å². The van der Waals surface area contributed by atoms with E-state index in [1.807, 2.05) is 12.2 Å². The number of nitrogens with one attached hydrogen (secondary N) is 1. The van der Waals surface area contributed by atoms with Crippen LogP contribution in [0.25, 0.3) is 0 Å². The summed E-state index contributed by atoms with van der Waals surface area (Å²) in [5.41, 5.74) is 0. The van der Waals surface area contributed by atoms with Gasteiger partial charge in [-0.1, -0.05) is 32.4 Å². The number of nitrogens with zero attached hydrogens (tertiary/aromatic N) is 1. The summed E-state index contributed by atoms with van der Waals surface area (Å²) in [5.74, 6) is -1.71. The molecule has 0 heterocycles. The molecule has 2 N–H and O–H groups in total. The smallest absolute Gasteiger partial charge is 0.327 e. The second kappa shape index (κ2) is 22.1. The SMILES string of the molecule is C=CC(=N)[O-].C=CC(=O)O.C=CC[N+](C)(C)CC=C.Cl.[K]. The number of hydrogen-bond donors (Lipinski definition) is 2. The Kier molecular flexibility index (Phi) is 34.3. The molecule has 0 spiro atoms. The van der Waals surface area contributed by atoms with Crippen molar-refractivity contribution in [2.75, 3.05) is 27.2 Å². The Labute approximate surface area is 176 Å². The minimum Gasteiger partial charge on any atom is -0.859 e. The van der Waals surface area contributed by atoms with Crippen molar-refractivity contribution in [2.45, 2.75) is 0 Å². The van der Waals surface area contributed by atoms with Crippen molar-refractivity contribution in [3.05, 3.63) is 50.6 Å². The minimum absolute atomic E-state index is 0. The van der Waals surface area contributed by atoms with E-state index in [2.05, 4.69) is 40.4 Å². The van der Waals surface area contributed by atoms with Crippen LogP contribution in [0.5, 0.6) is 0 Å².